The van der Waals surface area contributed by atoms with Crippen LogP contribution in [-0.4, -0.2) is 12.1 Å². The number of halogens is 1. The molecular weight excluding hydrogens is 264 g/mol. The minimum atomic E-state index is 0.287. The topological polar surface area (TPSA) is 55.1 Å². The molecule has 0 aliphatic heterocycles. The van der Waals surface area contributed by atoms with Gasteiger partial charge in [-0.05, 0) is 18.2 Å². The van der Waals surface area contributed by atoms with Crippen LogP contribution in [-0.2, 0) is 6.61 Å². The van der Waals surface area contributed by atoms with Crippen LogP contribution in [0.15, 0.2) is 36.5 Å². The van der Waals surface area contributed by atoms with E-state index in [4.69, 9.17) is 26.3 Å². The normalized spacial score (nSPS) is 9.74. The minimum absolute atomic E-state index is 0.287. The fourth-order valence-electron chi connectivity index (χ4n) is 1.54. The lowest BCUT2D eigenvalue weighted by Gasteiger charge is -2.11. The average Bonchev–Trinajstić information content (AvgIpc) is 2.46. The molecule has 0 saturated carbocycles. The second-order valence-corrected chi connectivity index (χ2v) is 4.08. The SMILES string of the molecule is COc1cc(C#N)ccc1OCc1cccnc1Cl. The molecular formula is C14H11ClN2O2. The Kier molecular flexibility index (Phi) is 4.22. The molecule has 0 fully saturated rings. The van der Waals surface area contributed by atoms with E-state index < -0.39 is 0 Å². The predicted molar refractivity (Wildman–Crippen MR) is 71.3 cm³/mol. The summed E-state index contributed by atoms with van der Waals surface area (Å²) in [5.74, 6) is 1.07. The molecule has 2 aromatic rings. The van der Waals surface area contributed by atoms with Crippen LogP contribution in [0.3, 0.4) is 0 Å². The highest BCUT2D eigenvalue weighted by Crippen LogP contribution is 2.29. The number of pyridine rings is 1. The molecule has 5 heteroatoms. The molecule has 0 spiro atoms. The number of hydrogen-bond donors (Lipinski definition) is 0. The smallest absolute Gasteiger partial charge is 0.162 e. The van der Waals surface area contributed by atoms with Crippen LogP contribution >= 0.6 is 11.6 Å². The van der Waals surface area contributed by atoms with Crippen molar-refractivity contribution in [2.75, 3.05) is 7.11 Å². The van der Waals surface area contributed by atoms with E-state index in [1.807, 2.05) is 12.1 Å². The summed E-state index contributed by atoms with van der Waals surface area (Å²) in [5, 5.41) is 9.23. The average molecular weight is 275 g/mol. The third-order valence-electron chi connectivity index (χ3n) is 2.51. The largest absolute Gasteiger partial charge is 0.493 e. The van der Waals surface area contributed by atoms with E-state index in [-0.39, 0.29) is 6.61 Å². The quantitative estimate of drug-likeness (QED) is 0.804. The van der Waals surface area contributed by atoms with Crippen molar-refractivity contribution in [1.82, 2.24) is 4.98 Å². The van der Waals surface area contributed by atoms with Crippen LogP contribution in [0, 0.1) is 11.3 Å². The second kappa shape index (κ2) is 6.07. The molecule has 0 amide bonds. The monoisotopic (exact) mass is 274 g/mol. The van der Waals surface area contributed by atoms with E-state index in [2.05, 4.69) is 4.98 Å². The standard InChI is InChI=1S/C14H11ClN2O2/c1-18-13-7-10(8-16)4-5-12(13)19-9-11-3-2-6-17-14(11)15/h2-7H,9H2,1H3. The van der Waals surface area contributed by atoms with Gasteiger partial charge in [0.25, 0.3) is 0 Å². The van der Waals surface area contributed by atoms with Gasteiger partial charge in [0.2, 0.25) is 0 Å². The molecule has 4 nitrogen and oxygen atoms in total. The van der Waals surface area contributed by atoms with Crippen molar-refractivity contribution < 1.29 is 9.47 Å². The van der Waals surface area contributed by atoms with Gasteiger partial charge < -0.3 is 9.47 Å². The van der Waals surface area contributed by atoms with Gasteiger partial charge in [-0.1, -0.05) is 17.7 Å². The molecule has 0 unspecified atom stereocenters. The molecule has 0 bridgehead atoms. The van der Waals surface area contributed by atoms with Crippen molar-refractivity contribution in [3.63, 3.8) is 0 Å². The summed E-state index contributed by atoms with van der Waals surface area (Å²) in [4.78, 5) is 3.97. The van der Waals surface area contributed by atoms with Crippen LogP contribution in [0.5, 0.6) is 11.5 Å². The molecule has 1 heterocycles. The first-order valence-electron chi connectivity index (χ1n) is 5.55. The van der Waals surface area contributed by atoms with E-state index in [0.29, 0.717) is 22.2 Å². The Morgan fingerprint density at radius 2 is 2.16 bits per heavy atom. The Bertz CT molecular complexity index is 623. The van der Waals surface area contributed by atoms with Gasteiger partial charge in [0.1, 0.15) is 11.8 Å². The third kappa shape index (κ3) is 3.15. The predicted octanol–water partition coefficient (Wildman–Crippen LogP) is 3.19. The van der Waals surface area contributed by atoms with Crippen LogP contribution in [0.1, 0.15) is 11.1 Å². The Morgan fingerprint density at radius 3 is 2.84 bits per heavy atom. The zero-order valence-corrected chi connectivity index (χ0v) is 11.0. The van der Waals surface area contributed by atoms with Crippen LogP contribution < -0.4 is 9.47 Å². The lowest BCUT2D eigenvalue weighted by Crippen LogP contribution is -1.99. The van der Waals surface area contributed by atoms with Crippen LogP contribution in [0.2, 0.25) is 5.15 Å². The number of ether oxygens (including phenoxy) is 2. The van der Waals surface area contributed by atoms with Crippen molar-refractivity contribution >= 4 is 11.6 Å². The number of nitrogens with zero attached hydrogens (tertiary/aromatic N) is 2. The summed E-state index contributed by atoms with van der Waals surface area (Å²) >= 11 is 5.95. The summed E-state index contributed by atoms with van der Waals surface area (Å²) in [6.45, 7) is 0.287. The number of benzene rings is 1. The van der Waals surface area contributed by atoms with E-state index in [1.54, 1.807) is 30.5 Å². The van der Waals surface area contributed by atoms with Gasteiger partial charge in [-0.3, -0.25) is 0 Å². The van der Waals surface area contributed by atoms with Gasteiger partial charge in [-0.15, -0.1) is 0 Å². The number of hydrogen-bond acceptors (Lipinski definition) is 4. The highest BCUT2D eigenvalue weighted by Gasteiger charge is 2.07. The molecule has 19 heavy (non-hydrogen) atoms. The van der Waals surface area contributed by atoms with Gasteiger partial charge in [-0.2, -0.15) is 5.26 Å². The summed E-state index contributed by atoms with van der Waals surface area (Å²) in [5.41, 5.74) is 1.30. The number of aromatic nitrogens is 1. The first kappa shape index (κ1) is 13.2. The third-order valence-corrected chi connectivity index (χ3v) is 2.85. The summed E-state index contributed by atoms with van der Waals surface area (Å²) in [6.07, 6.45) is 1.62. The lowest BCUT2D eigenvalue weighted by molar-refractivity contribution is 0.284. The zero-order valence-electron chi connectivity index (χ0n) is 10.3. The van der Waals surface area contributed by atoms with Crippen molar-refractivity contribution in [1.29, 1.82) is 5.26 Å². The van der Waals surface area contributed by atoms with Crippen molar-refractivity contribution in [2.45, 2.75) is 6.61 Å². The van der Waals surface area contributed by atoms with E-state index in [1.165, 1.54) is 7.11 Å². The maximum absolute atomic E-state index is 8.82. The van der Waals surface area contributed by atoms with E-state index in [9.17, 15) is 0 Å². The molecule has 2 rings (SSSR count). The fraction of sp³-hybridized carbons (Fsp3) is 0.143. The Balaban J connectivity index is 2.16. The van der Waals surface area contributed by atoms with Gasteiger partial charge in [-0.25, -0.2) is 4.98 Å². The van der Waals surface area contributed by atoms with Crippen molar-refractivity contribution in [3.8, 4) is 17.6 Å². The number of rotatable bonds is 4. The fourth-order valence-corrected chi connectivity index (χ4v) is 1.71. The molecule has 0 aliphatic rings. The van der Waals surface area contributed by atoms with Gasteiger partial charge in [0.05, 0.1) is 18.7 Å². The van der Waals surface area contributed by atoms with Gasteiger partial charge in [0.15, 0.2) is 11.5 Å². The Labute approximate surface area is 116 Å². The number of nitriles is 1. The summed E-state index contributed by atoms with van der Waals surface area (Å²) < 4.78 is 10.8. The van der Waals surface area contributed by atoms with Crippen molar-refractivity contribution in [3.05, 3.63) is 52.8 Å². The van der Waals surface area contributed by atoms with Gasteiger partial charge in [0, 0.05) is 17.8 Å². The molecule has 0 N–H and O–H groups in total. The van der Waals surface area contributed by atoms with Crippen LogP contribution in [0.25, 0.3) is 0 Å². The molecule has 0 radical (unpaired) electrons. The molecule has 0 atom stereocenters. The van der Waals surface area contributed by atoms with Crippen LogP contribution in [0.4, 0.5) is 0 Å². The van der Waals surface area contributed by atoms with E-state index in [0.717, 1.165) is 5.56 Å². The molecule has 0 saturated heterocycles. The molecule has 1 aromatic carbocycles. The second-order valence-electron chi connectivity index (χ2n) is 3.72. The Morgan fingerprint density at radius 1 is 1.32 bits per heavy atom. The lowest BCUT2D eigenvalue weighted by atomic mass is 10.2. The molecule has 1 aromatic heterocycles. The minimum Gasteiger partial charge on any atom is -0.493 e. The maximum Gasteiger partial charge on any atom is 0.162 e. The molecule has 96 valence electrons. The summed E-state index contributed by atoms with van der Waals surface area (Å²) in [7, 11) is 1.53. The summed E-state index contributed by atoms with van der Waals surface area (Å²) in [6, 6.07) is 10.7. The number of methoxy groups -OCH3 is 1. The highest BCUT2D eigenvalue weighted by molar-refractivity contribution is 6.30. The van der Waals surface area contributed by atoms with Gasteiger partial charge >= 0.3 is 0 Å². The maximum atomic E-state index is 8.82. The highest BCUT2D eigenvalue weighted by atomic mass is 35.5. The molecule has 0 aliphatic carbocycles. The Hall–Kier alpha value is -2.25. The van der Waals surface area contributed by atoms with E-state index >= 15 is 0 Å². The first-order chi connectivity index (χ1) is 9.24. The first-order valence-corrected chi connectivity index (χ1v) is 5.92. The van der Waals surface area contributed by atoms with Crippen molar-refractivity contribution in [2.24, 2.45) is 0 Å². The zero-order chi connectivity index (χ0) is 13.7.